The number of rotatable bonds is 7. The predicted molar refractivity (Wildman–Crippen MR) is 99.0 cm³/mol. The van der Waals surface area contributed by atoms with E-state index in [1.165, 1.54) is 24.3 Å². The van der Waals surface area contributed by atoms with E-state index in [0.29, 0.717) is 5.56 Å². The van der Waals surface area contributed by atoms with Crippen LogP contribution in [-0.2, 0) is 26.8 Å². The SMILES string of the molecule is O=c1ccn([C@@H]2O[C@H](COP(=O)(O)O)[C@H](O)[C@@H]2O)c(=O)n1CCc1ccc(F)cc1. The number of aryl methyl sites for hydroxylation is 1. The van der Waals surface area contributed by atoms with Gasteiger partial charge in [0.25, 0.3) is 5.56 Å². The summed E-state index contributed by atoms with van der Waals surface area (Å²) in [7, 11) is -4.83. The van der Waals surface area contributed by atoms with Gasteiger partial charge in [0.2, 0.25) is 0 Å². The van der Waals surface area contributed by atoms with E-state index in [4.69, 9.17) is 14.5 Å². The molecule has 13 heteroatoms. The largest absolute Gasteiger partial charge is 0.469 e. The molecule has 1 aliphatic rings. The highest BCUT2D eigenvalue weighted by molar-refractivity contribution is 7.46. The smallest absolute Gasteiger partial charge is 0.387 e. The van der Waals surface area contributed by atoms with Gasteiger partial charge in [0, 0.05) is 18.8 Å². The lowest BCUT2D eigenvalue weighted by atomic mass is 10.1. The molecule has 2 aromatic rings. The zero-order valence-electron chi connectivity index (χ0n) is 15.4. The van der Waals surface area contributed by atoms with Crippen LogP contribution in [0.3, 0.4) is 0 Å². The zero-order chi connectivity index (χ0) is 22.1. The van der Waals surface area contributed by atoms with Crippen LogP contribution in [0, 0.1) is 5.82 Å². The number of benzene rings is 1. The molecule has 3 rings (SSSR count). The van der Waals surface area contributed by atoms with Crippen LogP contribution < -0.4 is 11.2 Å². The van der Waals surface area contributed by atoms with Gasteiger partial charge >= 0.3 is 13.5 Å². The Morgan fingerprint density at radius 2 is 1.77 bits per heavy atom. The van der Waals surface area contributed by atoms with Gasteiger partial charge in [-0.3, -0.25) is 18.5 Å². The first-order valence-corrected chi connectivity index (χ1v) is 10.4. The number of aromatic nitrogens is 2. The van der Waals surface area contributed by atoms with Gasteiger partial charge in [-0.25, -0.2) is 13.8 Å². The Hall–Kier alpha value is -2.18. The van der Waals surface area contributed by atoms with Crippen molar-refractivity contribution in [2.45, 2.75) is 37.5 Å². The molecule has 0 spiro atoms. The number of hydrogen-bond donors (Lipinski definition) is 4. The van der Waals surface area contributed by atoms with Gasteiger partial charge in [-0.1, -0.05) is 12.1 Å². The highest BCUT2D eigenvalue weighted by Gasteiger charge is 2.45. The minimum Gasteiger partial charge on any atom is -0.387 e. The van der Waals surface area contributed by atoms with Gasteiger partial charge in [0.1, 0.15) is 24.1 Å². The topological polar surface area (TPSA) is 160 Å². The normalized spacial score (nSPS) is 24.3. The summed E-state index contributed by atoms with van der Waals surface area (Å²) in [5.74, 6) is -0.416. The monoisotopic (exact) mass is 446 g/mol. The molecule has 0 amide bonds. The van der Waals surface area contributed by atoms with Crippen LogP contribution >= 0.6 is 7.82 Å². The molecule has 11 nitrogen and oxygen atoms in total. The molecule has 0 radical (unpaired) electrons. The lowest BCUT2D eigenvalue weighted by Crippen LogP contribution is -2.43. The summed E-state index contributed by atoms with van der Waals surface area (Å²) in [6.07, 6.45) is -4.58. The van der Waals surface area contributed by atoms with Crippen LogP contribution in [0.4, 0.5) is 4.39 Å². The minimum atomic E-state index is -4.83. The molecule has 0 aliphatic carbocycles. The van der Waals surface area contributed by atoms with Crippen molar-refractivity contribution in [3.8, 4) is 0 Å². The molecule has 1 fully saturated rings. The van der Waals surface area contributed by atoms with Crippen molar-refractivity contribution in [3.05, 3.63) is 68.7 Å². The number of nitrogens with zero attached hydrogens (tertiary/aromatic N) is 2. The number of aliphatic hydroxyl groups is 2. The maximum absolute atomic E-state index is 13.0. The molecule has 164 valence electrons. The van der Waals surface area contributed by atoms with Crippen LogP contribution in [0.1, 0.15) is 11.8 Å². The van der Waals surface area contributed by atoms with E-state index in [-0.39, 0.29) is 13.0 Å². The van der Waals surface area contributed by atoms with Crippen LogP contribution in [0.5, 0.6) is 0 Å². The van der Waals surface area contributed by atoms with E-state index >= 15 is 0 Å². The predicted octanol–water partition coefficient (Wildman–Crippen LogP) is -0.880. The lowest BCUT2D eigenvalue weighted by Gasteiger charge is -2.18. The third kappa shape index (κ3) is 5.10. The summed E-state index contributed by atoms with van der Waals surface area (Å²) in [6.45, 7) is -0.752. The minimum absolute atomic E-state index is 0.0275. The Bertz CT molecular complexity index is 1050. The van der Waals surface area contributed by atoms with E-state index < -0.39 is 56.0 Å². The molecule has 4 N–H and O–H groups in total. The van der Waals surface area contributed by atoms with E-state index in [1.54, 1.807) is 0 Å². The first-order chi connectivity index (χ1) is 14.1. The molecule has 0 saturated carbocycles. The number of ether oxygens (including phenoxy) is 1. The Labute approximate surface area is 168 Å². The van der Waals surface area contributed by atoms with Gasteiger partial charge < -0.3 is 24.7 Å². The molecule has 0 unspecified atom stereocenters. The molecule has 30 heavy (non-hydrogen) atoms. The van der Waals surface area contributed by atoms with Crippen LogP contribution in [-0.4, -0.2) is 54.1 Å². The molecule has 1 aromatic heterocycles. The van der Waals surface area contributed by atoms with Gasteiger partial charge in [0.05, 0.1) is 6.61 Å². The van der Waals surface area contributed by atoms with Crippen LogP contribution in [0.15, 0.2) is 46.1 Å². The quantitative estimate of drug-likeness (QED) is 0.396. The fraction of sp³-hybridized carbons (Fsp3) is 0.412. The summed E-state index contributed by atoms with van der Waals surface area (Å²) in [5, 5.41) is 20.3. The van der Waals surface area contributed by atoms with Gasteiger partial charge in [-0.2, -0.15) is 0 Å². The Morgan fingerprint density at radius 3 is 2.40 bits per heavy atom. The number of halogens is 1. The van der Waals surface area contributed by atoms with Crippen LogP contribution in [0.2, 0.25) is 0 Å². The molecular weight excluding hydrogens is 426 g/mol. The van der Waals surface area contributed by atoms with Crippen molar-refractivity contribution in [2.75, 3.05) is 6.61 Å². The second-order valence-electron chi connectivity index (χ2n) is 6.70. The summed E-state index contributed by atoms with van der Waals surface area (Å²) in [5.41, 5.74) is -0.731. The fourth-order valence-corrected chi connectivity index (χ4v) is 3.43. The van der Waals surface area contributed by atoms with Crippen molar-refractivity contribution >= 4 is 7.82 Å². The Morgan fingerprint density at radius 1 is 1.10 bits per heavy atom. The third-order valence-corrected chi connectivity index (χ3v) is 5.14. The molecule has 1 aliphatic heterocycles. The van der Waals surface area contributed by atoms with E-state index in [0.717, 1.165) is 21.4 Å². The zero-order valence-corrected chi connectivity index (χ0v) is 16.3. The van der Waals surface area contributed by atoms with Crippen molar-refractivity contribution in [3.63, 3.8) is 0 Å². The van der Waals surface area contributed by atoms with Crippen molar-refractivity contribution in [2.24, 2.45) is 0 Å². The third-order valence-electron chi connectivity index (χ3n) is 4.65. The molecule has 1 aromatic carbocycles. The molecule has 4 atom stereocenters. The number of phosphoric ester groups is 1. The summed E-state index contributed by atoms with van der Waals surface area (Å²) < 4.78 is 35.3. The van der Waals surface area contributed by atoms with Crippen molar-refractivity contribution in [1.29, 1.82) is 0 Å². The highest BCUT2D eigenvalue weighted by atomic mass is 31.2. The average molecular weight is 446 g/mol. The van der Waals surface area contributed by atoms with Gasteiger partial charge in [0.15, 0.2) is 6.23 Å². The van der Waals surface area contributed by atoms with Gasteiger partial charge in [-0.05, 0) is 24.1 Å². The van der Waals surface area contributed by atoms with E-state index in [2.05, 4.69) is 4.52 Å². The number of aliphatic hydroxyl groups excluding tert-OH is 2. The van der Waals surface area contributed by atoms with Crippen LogP contribution in [0.25, 0.3) is 0 Å². The summed E-state index contributed by atoms with van der Waals surface area (Å²) in [4.78, 5) is 42.4. The van der Waals surface area contributed by atoms with E-state index in [9.17, 15) is 28.8 Å². The second-order valence-corrected chi connectivity index (χ2v) is 7.94. The fourth-order valence-electron chi connectivity index (χ4n) is 3.09. The molecular formula is C17H20FN2O9P. The second kappa shape index (κ2) is 8.90. The first kappa shape index (κ1) is 22.5. The van der Waals surface area contributed by atoms with Gasteiger partial charge in [-0.15, -0.1) is 0 Å². The number of phosphoric acid groups is 1. The van der Waals surface area contributed by atoms with Crippen molar-refractivity contribution in [1.82, 2.24) is 9.13 Å². The lowest BCUT2D eigenvalue weighted by molar-refractivity contribution is -0.0548. The Kier molecular flexibility index (Phi) is 6.68. The standard InChI is InChI=1S/C17H20FN2O9P/c18-11-3-1-10(2-4-11)5-7-19-13(21)6-8-20(17(19)24)16-15(23)14(22)12(29-16)9-28-30(25,26)27/h1-4,6,8,12,14-16,22-23H,5,7,9H2,(H2,25,26,27)/t12-,14+,15+,16-/m1/s1. The average Bonchev–Trinajstić information content (AvgIpc) is 2.95. The summed E-state index contributed by atoms with van der Waals surface area (Å²) in [6, 6.07) is 6.63. The van der Waals surface area contributed by atoms with Crippen molar-refractivity contribution < 1.29 is 38.2 Å². The summed E-state index contributed by atoms with van der Waals surface area (Å²) >= 11 is 0. The molecule has 1 saturated heterocycles. The first-order valence-electron chi connectivity index (χ1n) is 8.85. The number of hydrogen-bond acceptors (Lipinski definition) is 7. The Balaban J connectivity index is 1.80. The molecule has 2 heterocycles. The molecule has 0 bridgehead atoms. The highest BCUT2D eigenvalue weighted by Crippen LogP contribution is 2.38. The maximum atomic E-state index is 13.0. The maximum Gasteiger partial charge on any atom is 0.469 e. The van der Waals surface area contributed by atoms with E-state index in [1.807, 2.05) is 0 Å².